The number of hydrogen-bond donors (Lipinski definition) is 1. The number of hydrogen-bond acceptors (Lipinski definition) is 3. The van der Waals surface area contributed by atoms with Crippen LogP contribution in [0.15, 0.2) is 54.6 Å². The Labute approximate surface area is 132 Å². The highest BCUT2D eigenvalue weighted by Gasteiger charge is 2.18. The number of aromatic hydroxyl groups is 1. The van der Waals surface area contributed by atoms with Gasteiger partial charge in [0.25, 0.3) is 0 Å². The number of halogens is 1. The van der Waals surface area contributed by atoms with Crippen molar-refractivity contribution in [3.8, 4) is 16.9 Å². The molecule has 0 unspecified atom stereocenters. The first kappa shape index (κ1) is 15.0. The molecule has 0 saturated carbocycles. The number of carbonyl (C=O) groups is 1. The minimum absolute atomic E-state index is 0.102. The lowest BCUT2D eigenvalue weighted by Gasteiger charge is -2.13. The van der Waals surface area contributed by atoms with E-state index in [0.29, 0.717) is 5.39 Å². The molecule has 0 fully saturated rings. The molecule has 0 heterocycles. The van der Waals surface area contributed by atoms with Crippen LogP contribution in [0.3, 0.4) is 0 Å². The average molecular weight is 310 g/mol. The summed E-state index contributed by atoms with van der Waals surface area (Å²) in [6, 6.07) is 14.8. The summed E-state index contributed by atoms with van der Waals surface area (Å²) in [6.07, 6.45) is 0. The highest BCUT2D eigenvalue weighted by atomic mass is 19.1. The number of carbonyl (C=O) groups excluding carboxylic acids is 1. The van der Waals surface area contributed by atoms with Crippen LogP contribution in [0.1, 0.15) is 17.3 Å². The summed E-state index contributed by atoms with van der Waals surface area (Å²) in [5.74, 6) is -1.02. The van der Waals surface area contributed by atoms with Crippen molar-refractivity contribution in [2.45, 2.75) is 6.92 Å². The van der Waals surface area contributed by atoms with Crippen molar-refractivity contribution >= 4 is 16.7 Å². The molecule has 0 aromatic heterocycles. The standard InChI is InChI=1S/C19H15FO3/c1-2-23-19(22)17-11-16(12-7-9-13(20)10-8-12)14-5-3-4-6-15(14)18(17)21/h3-11,21H,2H2,1H3. The summed E-state index contributed by atoms with van der Waals surface area (Å²) in [7, 11) is 0. The van der Waals surface area contributed by atoms with Crippen molar-refractivity contribution in [1.29, 1.82) is 0 Å². The Morgan fingerprint density at radius 1 is 1.09 bits per heavy atom. The normalized spacial score (nSPS) is 10.7. The number of fused-ring (bicyclic) bond motifs is 1. The maximum atomic E-state index is 13.2. The molecule has 0 aliphatic rings. The molecule has 0 spiro atoms. The van der Waals surface area contributed by atoms with Crippen LogP contribution in [-0.4, -0.2) is 17.7 Å². The van der Waals surface area contributed by atoms with Crippen molar-refractivity contribution in [2.24, 2.45) is 0 Å². The van der Waals surface area contributed by atoms with Crippen LogP contribution in [0.5, 0.6) is 5.75 Å². The predicted octanol–water partition coefficient (Wildman–Crippen LogP) is 4.53. The van der Waals surface area contributed by atoms with Gasteiger partial charge in [-0.2, -0.15) is 0 Å². The molecule has 0 bridgehead atoms. The SMILES string of the molecule is CCOC(=O)c1cc(-c2ccc(F)cc2)c2ccccc2c1O. The molecule has 3 rings (SSSR count). The quantitative estimate of drug-likeness (QED) is 0.723. The summed E-state index contributed by atoms with van der Waals surface area (Å²) < 4.78 is 18.2. The molecule has 116 valence electrons. The molecule has 0 radical (unpaired) electrons. The van der Waals surface area contributed by atoms with Gasteiger partial charge in [-0.15, -0.1) is 0 Å². The zero-order chi connectivity index (χ0) is 16.4. The van der Waals surface area contributed by atoms with Gasteiger partial charge in [0, 0.05) is 5.39 Å². The molecule has 3 aromatic rings. The zero-order valence-electron chi connectivity index (χ0n) is 12.5. The van der Waals surface area contributed by atoms with Gasteiger partial charge < -0.3 is 9.84 Å². The van der Waals surface area contributed by atoms with E-state index in [1.54, 1.807) is 37.3 Å². The molecular formula is C19H15FO3. The van der Waals surface area contributed by atoms with Gasteiger partial charge in [0.1, 0.15) is 17.1 Å². The number of benzene rings is 3. The predicted molar refractivity (Wildman–Crippen MR) is 87.0 cm³/mol. The Hall–Kier alpha value is -2.88. The van der Waals surface area contributed by atoms with Gasteiger partial charge in [0.05, 0.1) is 6.61 Å². The second-order valence-corrected chi connectivity index (χ2v) is 5.09. The van der Waals surface area contributed by atoms with Crippen molar-refractivity contribution in [3.63, 3.8) is 0 Å². The van der Waals surface area contributed by atoms with E-state index < -0.39 is 5.97 Å². The van der Waals surface area contributed by atoms with Crippen molar-refractivity contribution in [1.82, 2.24) is 0 Å². The van der Waals surface area contributed by atoms with Gasteiger partial charge in [-0.3, -0.25) is 0 Å². The topological polar surface area (TPSA) is 46.5 Å². The Morgan fingerprint density at radius 3 is 2.39 bits per heavy atom. The van der Waals surface area contributed by atoms with Crippen molar-refractivity contribution < 1.29 is 19.0 Å². The number of ether oxygens (including phenoxy) is 1. The molecule has 1 N–H and O–H groups in total. The van der Waals surface area contributed by atoms with Gasteiger partial charge >= 0.3 is 5.97 Å². The summed E-state index contributed by atoms with van der Waals surface area (Å²) in [5, 5.41) is 11.7. The first-order valence-electron chi connectivity index (χ1n) is 7.29. The minimum Gasteiger partial charge on any atom is -0.506 e. The van der Waals surface area contributed by atoms with Crippen LogP contribution in [0.25, 0.3) is 21.9 Å². The first-order valence-corrected chi connectivity index (χ1v) is 7.29. The number of esters is 1. The van der Waals surface area contributed by atoms with Crippen LogP contribution in [0, 0.1) is 5.82 Å². The van der Waals surface area contributed by atoms with Crippen LogP contribution in [-0.2, 0) is 4.74 Å². The molecule has 0 aliphatic heterocycles. The molecule has 0 aliphatic carbocycles. The van der Waals surface area contributed by atoms with Gasteiger partial charge in [0.2, 0.25) is 0 Å². The van der Waals surface area contributed by atoms with Gasteiger partial charge in [0.15, 0.2) is 0 Å². The summed E-state index contributed by atoms with van der Waals surface area (Å²) in [5.41, 5.74) is 1.60. The first-order chi connectivity index (χ1) is 11.1. The maximum Gasteiger partial charge on any atom is 0.341 e. The smallest absolute Gasteiger partial charge is 0.341 e. The summed E-state index contributed by atoms with van der Waals surface area (Å²) in [4.78, 5) is 12.1. The van der Waals surface area contributed by atoms with E-state index in [0.717, 1.165) is 16.5 Å². The second kappa shape index (κ2) is 6.08. The molecule has 23 heavy (non-hydrogen) atoms. The fourth-order valence-electron chi connectivity index (χ4n) is 2.59. The molecule has 3 nitrogen and oxygen atoms in total. The number of phenols is 1. The van der Waals surface area contributed by atoms with Gasteiger partial charge in [-0.05, 0) is 41.6 Å². The number of phenolic OH excluding ortho intramolecular Hbond substituents is 1. The molecule has 0 atom stereocenters. The van der Waals surface area contributed by atoms with E-state index in [1.807, 2.05) is 12.1 Å². The van der Waals surface area contributed by atoms with E-state index in [9.17, 15) is 14.3 Å². The van der Waals surface area contributed by atoms with Crippen LogP contribution in [0.4, 0.5) is 4.39 Å². The van der Waals surface area contributed by atoms with Gasteiger partial charge in [-0.25, -0.2) is 9.18 Å². The molecular weight excluding hydrogens is 295 g/mol. The Morgan fingerprint density at radius 2 is 1.74 bits per heavy atom. The maximum absolute atomic E-state index is 13.2. The molecule has 0 amide bonds. The third-order valence-corrected chi connectivity index (χ3v) is 3.67. The Bertz CT molecular complexity index is 870. The largest absolute Gasteiger partial charge is 0.506 e. The Balaban J connectivity index is 2.29. The van der Waals surface area contributed by atoms with Crippen molar-refractivity contribution in [3.05, 3.63) is 66.0 Å². The van der Waals surface area contributed by atoms with Crippen LogP contribution >= 0.6 is 0 Å². The van der Waals surface area contributed by atoms with E-state index in [4.69, 9.17) is 4.74 Å². The number of rotatable bonds is 3. The fraction of sp³-hybridized carbons (Fsp3) is 0.105. The van der Waals surface area contributed by atoms with E-state index in [2.05, 4.69) is 0 Å². The zero-order valence-corrected chi connectivity index (χ0v) is 12.5. The average Bonchev–Trinajstić information content (AvgIpc) is 2.57. The van der Waals surface area contributed by atoms with Gasteiger partial charge in [-0.1, -0.05) is 36.4 Å². The highest BCUT2D eigenvalue weighted by molar-refractivity contribution is 6.07. The lowest BCUT2D eigenvalue weighted by Crippen LogP contribution is -2.05. The minimum atomic E-state index is -0.584. The summed E-state index contributed by atoms with van der Waals surface area (Å²) in [6.45, 7) is 1.92. The third kappa shape index (κ3) is 2.75. The van der Waals surface area contributed by atoms with E-state index >= 15 is 0 Å². The van der Waals surface area contributed by atoms with Crippen molar-refractivity contribution in [2.75, 3.05) is 6.61 Å². The monoisotopic (exact) mass is 310 g/mol. The molecule has 4 heteroatoms. The van der Waals surface area contributed by atoms with E-state index in [1.165, 1.54) is 12.1 Å². The van der Waals surface area contributed by atoms with Crippen LogP contribution in [0.2, 0.25) is 0 Å². The second-order valence-electron chi connectivity index (χ2n) is 5.09. The summed E-state index contributed by atoms with van der Waals surface area (Å²) >= 11 is 0. The molecule has 0 saturated heterocycles. The van der Waals surface area contributed by atoms with Crippen LogP contribution < -0.4 is 0 Å². The van der Waals surface area contributed by atoms with E-state index in [-0.39, 0.29) is 23.7 Å². The third-order valence-electron chi connectivity index (χ3n) is 3.67. The Kier molecular flexibility index (Phi) is 3.98. The lowest BCUT2D eigenvalue weighted by atomic mass is 9.94. The highest BCUT2D eigenvalue weighted by Crippen LogP contribution is 2.37. The molecule has 3 aromatic carbocycles. The lowest BCUT2D eigenvalue weighted by molar-refractivity contribution is 0.0523. The fourth-order valence-corrected chi connectivity index (χ4v) is 2.59.